The average molecular weight is 291 g/mol. The monoisotopic (exact) mass is 291 g/mol. The van der Waals surface area contributed by atoms with Gasteiger partial charge in [0.1, 0.15) is 11.6 Å². The van der Waals surface area contributed by atoms with Gasteiger partial charge in [0.25, 0.3) is 0 Å². The number of hydrogen-bond acceptors (Lipinski definition) is 5. The highest BCUT2D eigenvalue weighted by Crippen LogP contribution is 2.34. The fourth-order valence-electron chi connectivity index (χ4n) is 3.15. The molecule has 0 bridgehead atoms. The zero-order chi connectivity index (χ0) is 15.5. The lowest BCUT2D eigenvalue weighted by atomic mass is 9.77. The minimum Gasteiger partial charge on any atom is -0.308 e. The molecule has 1 aromatic rings. The van der Waals surface area contributed by atoms with Crippen molar-refractivity contribution in [3.63, 3.8) is 0 Å². The normalized spacial score (nSPS) is 21.1. The Kier molecular flexibility index (Phi) is 5.17. The maximum absolute atomic E-state index is 5.46. The Morgan fingerprint density at radius 1 is 1.29 bits per heavy atom. The van der Waals surface area contributed by atoms with Gasteiger partial charge < -0.3 is 5.43 Å². The van der Waals surface area contributed by atoms with Crippen LogP contribution in [-0.2, 0) is 6.54 Å². The molecule has 1 aliphatic rings. The molecule has 5 nitrogen and oxygen atoms in total. The molecular weight excluding hydrogens is 262 g/mol. The van der Waals surface area contributed by atoms with Crippen LogP contribution in [0.5, 0.6) is 0 Å². The smallest absolute Gasteiger partial charge is 0.145 e. The molecule has 0 aliphatic carbocycles. The molecule has 1 atom stereocenters. The lowest BCUT2D eigenvalue weighted by Crippen LogP contribution is -2.27. The van der Waals surface area contributed by atoms with E-state index in [-0.39, 0.29) is 0 Å². The van der Waals surface area contributed by atoms with Crippen molar-refractivity contribution in [2.24, 2.45) is 17.2 Å². The minimum absolute atomic E-state index is 0.409. The van der Waals surface area contributed by atoms with Gasteiger partial charge in [-0.05, 0) is 50.6 Å². The summed E-state index contributed by atoms with van der Waals surface area (Å²) in [4.78, 5) is 11.5. The summed E-state index contributed by atoms with van der Waals surface area (Å²) < 4.78 is 0. The zero-order valence-electron chi connectivity index (χ0n) is 13.8. The fourth-order valence-corrected chi connectivity index (χ4v) is 3.15. The van der Waals surface area contributed by atoms with Crippen LogP contribution in [-0.4, -0.2) is 28.0 Å². The molecule has 0 radical (unpaired) electrons. The average Bonchev–Trinajstić information content (AvgIpc) is 2.63. The van der Waals surface area contributed by atoms with Crippen molar-refractivity contribution in [2.45, 2.75) is 53.5 Å². The summed E-state index contributed by atoms with van der Waals surface area (Å²) >= 11 is 0. The Morgan fingerprint density at radius 2 is 2.05 bits per heavy atom. The first-order valence-corrected chi connectivity index (χ1v) is 7.92. The van der Waals surface area contributed by atoms with Crippen molar-refractivity contribution in [3.05, 3.63) is 17.6 Å². The van der Waals surface area contributed by atoms with E-state index in [4.69, 9.17) is 5.84 Å². The third-order valence-electron chi connectivity index (χ3n) is 4.46. The number of nitrogens with one attached hydrogen (secondary N) is 1. The van der Waals surface area contributed by atoms with Gasteiger partial charge >= 0.3 is 0 Å². The van der Waals surface area contributed by atoms with Gasteiger partial charge in [0.15, 0.2) is 0 Å². The number of likely N-dealkylation sites (tertiary alicyclic amines) is 1. The summed E-state index contributed by atoms with van der Waals surface area (Å²) in [6, 6.07) is 1.86. The summed E-state index contributed by atoms with van der Waals surface area (Å²) in [5.74, 6) is 7.82. The minimum atomic E-state index is 0.409. The summed E-state index contributed by atoms with van der Waals surface area (Å²) in [7, 11) is 0. The first-order valence-electron chi connectivity index (χ1n) is 7.92. The first-order chi connectivity index (χ1) is 9.88. The molecule has 1 aliphatic heterocycles. The van der Waals surface area contributed by atoms with E-state index >= 15 is 0 Å². The molecular formula is C16H29N5. The lowest BCUT2D eigenvalue weighted by molar-refractivity contribution is 0.205. The summed E-state index contributed by atoms with van der Waals surface area (Å²) in [5, 5.41) is 0. The highest BCUT2D eigenvalue weighted by Gasteiger charge is 2.27. The van der Waals surface area contributed by atoms with Crippen LogP contribution in [0.15, 0.2) is 6.07 Å². The van der Waals surface area contributed by atoms with Crippen LogP contribution in [0.25, 0.3) is 0 Å². The van der Waals surface area contributed by atoms with Crippen LogP contribution < -0.4 is 11.3 Å². The van der Waals surface area contributed by atoms with Crippen molar-refractivity contribution in [1.82, 2.24) is 14.9 Å². The second kappa shape index (κ2) is 6.71. The molecule has 1 aromatic heterocycles. The first kappa shape index (κ1) is 16.2. The molecule has 3 N–H and O–H groups in total. The number of nitrogens with two attached hydrogens (primary N) is 1. The van der Waals surface area contributed by atoms with Crippen LogP contribution >= 0.6 is 0 Å². The van der Waals surface area contributed by atoms with E-state index in [1.165, 1.54) is 19.3 Å². The number of aryl methyl sites for hydroxylation is 1. The van der Waals surface area contributed by atoms with Crippen molar-refractivity contribution in [3.8, 4) is 0 Å². The maximum Gasteiger partial charge on any atom is 0.145 e. The molecule has 2 rings (SSSR count). The lowest BCUT2D eigenvalue weighted by Gasteiger charge is -2.29. The number of hydrogen-bond donors (Lipinski definition) is 2. The van der Waals surface area contributed by atoms with E-state index in [1.807, 2.05) is 13.0 Å². The van der Waals surface area contributed by atoms with Gasteiger partial charge in [0.05, 0.1) is 6.54 Å². The van der Waals surface area contributed by atoms with E-state index in [0.29, 0.717) is 11.2 Å². The number of anilines is 1. The van der Waals surface area contributed by atoms with E-state index in [0.717, 1.165) is 37.1 Å². The van der Waals surface area contributed by atoms with Crippen molar-refractivity contribution in [2.75, 3.05) is 18.5 Å². The Hall–Kier alpha value is -1.20. The third-order valence-corrected chi connectivity index (χ3v) is 4.46. The molecule has 118 valence electrons. The van der Waals surface area contributed by atoms with Crippen LogP contribution in [0.1, 0.15) is 51.6 Å². The second-order valence-corrected chi connectivity index (χ2v) is 7.23. The fraction of sp³-hybridized carbons (Fsp3) is 0.750. The van der Waals surface area contributed by atoms with Gasteiger partial charge in [0.2, 0.25) is 0 Å². The Bertz CT molecular complexity index is 466. The van der Waals surface area contributed by atoms with Crippen molar-refractivity contribution < 1.29 is 0 Å². The highest BCUT2D eigenvalue weighted by atomic mass is 15.3. The highest BCUT2D eigenvalue weighted by molar-refractivity contribution is 5.33. The number of rotatable bonds is 3. The molecule has 0 spiro atoms. The van der Waals surface area contributed by atoms with Gasteiger partial charge in [-0.2, -0.15) is 0 Å². The Morgan fingerprint density at radius 3 is 2.71 bits per heavy atom. The maximum atomic E-state index is 5.46. The molecule has 2 heterocycles. The van der Waals surface area contributed by atoms with Crippen molar-refractivity contribution in [1.29, 1.82) is 0 Å². The number of nitrogen functional groups attached to an aromatic ring is 1. The van der Waals surface area contributed by atoms with E-state index < -0.39 is 0 Å². The van der Waals surface area contributed by atoms with E-state index in [1.54, 1.807) is 0 Å². The largest absolute Gasteiger partial charge is 0.308 e. The molecule has 1 saturated heterocycles. The van der Waals surface area contributed by atoms with Gasteiger partial charge in [-0.25, -0.2) is 15.8 Å². The number of aromatic nitrogens is 2. The third kappa shape index (κ3) is 4.64. The summed E-state index contributed by atoms with van der Waals surface area (Å²) in [6.07, 6.45) is 3.84. The van der Waals surface area contributed by atoms with Crippen LogP contribution in [0.2, 0.25) is 0 Å². The van der Waals surface area contributed by atoms with Crippen LogP contribution in [0, 0.1) is 18.3 Å². The standard InChI is InChI=1S/C16H29N5/c1-12-10-14(20-17)19-15(18-12)11-21-8-5-6-13(7-9-21)16(2,3)4/h10,13H,5-9,11,17H2,1-4H3,(H,18,19,20). The number of nitrogens with zero attached hydrogens (tertiary/aromatic N) is 3. The predicted molar refractivity (Wildman–Crippen MR) is 86.7 cm³/mol. The van der Waals surface area contributed by atoms with Gasteiger partial charge in [-0.15, -0.1) is 0 Å². The quantitative estimate of drug-likeness (QED) is 0.662. The molecule has 1 fully saturated rings. The van der Waals surface area contributed by atoms with E-state index in [9.17, 15) is 0 Å². The van der Waals surface area contributed by atoms with Gasteiger partial charge in [0, 0.05) is 11.8 Å². The SMILES string of the molecule is Cc1cc(NN)nc(CN2CCCC(C(C)(C)C)CC2)n1. The van der Waals surface area contributed by atoms with Crippen LogP contribution in [0.3, 0.4) is 0 Å². The Labute approximate surface area is 128 Å². The summed E-state index contributed by atoms with van der Waals surface area (Å²) in [6.45, 7) is 12.1. The van der Waals surface area contributed by atoms with Gasteiger partial charge in [-0.1, -0.05) is 20.8 Å². The van der Waals surface area contributed by atoms with Crippen LogP contribution in [0.4, 0.5) is 5.82 Å². The van der Waals surface area contributed by atoms with Crippen molar-refractivity contribution >= 4 is 5.82 Å². The zero-order valence-corrected chi connectivity index (χ0v) is 13.8. The molecule has 0 amide bonds. The second-order valence-electron chi connectivity index (χ2n) is 7.23. The molecule has 1 unspecified atom stereocenters. The summed E-state index contributed by atoms with van der Waals surface area (Å²) in [5.41, 5.74) is 3.98. The molecule has 0 aromatic carbocycles. The molecule has 0 saturated carbocycles. The molecule has 21 heavy (non-hydrogen) atoms. The number of hydrazine groups is 1. The molecule has 5 heteroatoms. The Balaban J connectivity index is 1.99. The predicted octanol–water partition coefficient (Wildman–Crippen LogP) is 2.72. The van der Waals surface area contributed by atoms with E-state index in [2.05, 4.69) is 41.1 Å². The van der Waals surface area contributed by atoms with Gasteiger partial charge in [-0.3, -0.25) is 4.90 Å². The topological polar surface area (TPSA) is 67.1 Å².